The van der Waals surface area contributed by atoms with Gasteiger partial charge in [0.2, 0.25) is 5.95 Å². The monoisotopic (exact) mass is 269 g/mol. The number of anilines is 2. The molecule has 7 heteroatoms. The number of aromatic nitrogens is 3. The Morgan fingerprint density at radius 2 is 2.24 bits per heavy atom. The highest BCUT2D eigenvalue weighted by Gasteiger charge is 2.09. The molecule has 2 heterocycles. The van der Waals surface area contributed by atoms with Gasteiger partial charge in [0.15, 0.2) is 0 Å². The summed E-state index contributed by atoms with van der Waals surface area (Å²) < 4.78 is 0. The quantitative estimate of drug-likeness (QED) is 0.865. The number of thiazole rings is 1. The first kappa shape index (κ1) is 12.1. The summed E-state index contributed by atoms with van der Waals surface area (Å²) in [5, 5.41) is 0.348. The van der Waals surface area contributed by atoms with Crippen LogP contribution >= 0.6 is 22.9 Å². The maximum atomic E-state index is 5.84. The summed E-state index contributed by atoms with van der Waals surface area (Å²) in [5.41, 5.74) is 8.43. The highest BCUT2D eigenvalue weighted by atomic mass is 35.5. The number of rotatable bonds is 3. The Balaban J connectivity index is 2.20. The number of nitrogens with zero attached hydrogens (tertiary/aromatic N) is 4. The summed E-state index contributed by atoms with van der Waals surface area (Å²) in [4.78, 5) is 15.3. The molecule has 0 atom stereocenters. The van der Waals surface area contributed by atoms with Gasteiger partial charge in [-0.3, -0.25) is 0 Å². The molecule has 90 valence electrons. The van der Waals surface area contributed by atoms with Gasteiger partial charge in [-0.25, -0.2) is 9.97 Å². The average Bonchev–Trinajstić information content (AvgIpc) is 2.63. The zero-order valence-corrected chi connectivity index (χ0v) is 11.1. The fraction of sp³-hybridized carbons (Fsp3) is 0.300. The molecular weight excluding hydrogens is 258 g/mol. The van der Waals surface area contributed by atoms with Gasteiger partial charge < -0.3 is 10.6 Å². The third kappa shape index (κ3) is 2.83. The molecule has 2 aromatic rings. The van der Waals surface area contributed by atoms with Crippen molar-refractivity contribution in [1.29, 1.82) is 0 Å². The van der Waals surface area contributed by atoms with E-state index in [4.69, 9.17) is 17.3 Å². The molecular formula is C10H12ClN5S. The first-order valence-electron chi connectivity index (χ1n) is 4.96. The minimum Gasteiger partial charge on any atom is -0.368 e. The van der Waals surface area contributed by atoms with E-state index in [0.717, 1.165) is 12.2 Å². The molecule has 0 fully saturated rings. The van der Waals surface area contributed by atoms with E-state index in [1.165, 1.54) is 4.88 Å². The number of aryl methyl sites for hydroxylation is 1. The van der Waals surface area contributed by atoms with Crippen molar-refractivity contribution < 1.29 is 0 Å². The van der Waals surface area contributed by atoms with E-state index >= 15 is 0 Å². The first-order valence-corrected chi connectivity index (χ1v) is 6.22. The Labute approximate surface area is 108 Å². The van der Waals surface area contributed by atoms with Gasteiger partial charge in [-0.1, -0.05) is 11.6 Å². The van der Waals surface area contributed by atoms with Crippen LogP contribution in [-0.4, -0.2) is 22.0 Å². The van der Waals surface area contributed by atoms with Crippen molar-refractivity contribution in [1.82, 2.24) is 15.0 Å². The molecule has 0 unspecified atom stereocenters. The van der Waals surface area contributed by atoms with Gasteiger partial charge in [-0.2, -0.15) is 4.98 Å². The highest BCUT2D eigenvalue weighted by Crippen LogP contribution is 2.20. The molecule has 2 N–H and O–H groups in total. The van der Waals surface area contributed by atoms with Gasteiger partial charge >= 0.3 is 0 Å². The van der Waals surface area contributed by atoms with Gasteiger partial charge in [0.25, 0.3) is 0 Å². The minimum absolute atomic E-state index is 0.181. The standard InChI is InChI=1S/C10H12ClN5S/c1-6-7(17-5-13-6)4-16(2)9-3-8(11)14-10(12)15-9/h3,5H,4H2,1-2H3,(H2,12,14,15). The number of halogens is 1. The van der Waals surface area contributed by atoms with E-state index in [9.17, 15) is 0 Å². The van der Waals surface area contributed by atoms with Gasteiger partial charge in [-0.15, -0.1) is 11.3 Å². The molecule has 0 aliphatic heterocycles. The van der Waals surface area contributed by atoms with Gasteiger partial charge in [0.05, 0.1) is 17.7 Å². The van der Waals surface area contributed by atoms with Gasteiger partial charge in [0.1, 0.15) is 11.0 Å². The fourth-order valence-corrected chi connectivity index (χ4v) is 2.41. The molecule has 0 aromatic carbocycles. The zero-order valence-electron chi connectivity index (χ0n) is 9.51. The number of hydrogen-bond acceptors (Lipinski definition) is 6. The second-order valence-corrected chi connectivity index (χ2v) is 4.95. The molecule has 0 aliphatic carbocycles. The normalized spacial score (nSPS) is 10.5. The van der Waals surface area contributed by atoms with Crippen LogP contribution in [0.1, 0.15) is 10.6 Å². The second-order valence-electron chi connectivity index (χ2n) is 3.62. The molecule has 0 aliphatic rings. The molecule has 5 nitrogen and oxygen atoms in total. The zero-order chi connectivity index (χ0) is 12.4. The molecule has 17 heavy (non-hydrogen) atoms. The van der Waals surface area contributed by atoms with Crippen LogP contribution in [0.5, 0.6) is 0 Å². The van der Waals surface area contributed by atoms with Crippen molar-refractivity contribution in [3.05, 3.63) is 27.3 Å². The summed E-state index contributed by atoms with van der Waals surface area (Å²) >= 11 is 7.46. The largest absolute Gasteiger partial charge is 0.368 e. The third-order valence-corrected chi connectivity index (χ3v) is 3.43. The molecule has 2 aromatic heterocycles. The third-order valence-electron chi connectivity index (χ3n) is 2.32. The van der Waals surface area contributed by atoms with E-state index in [0.29, 0.717) is 11.0 Å². The van der Waals surface area contributed by atoms with Crippen molar-refractivity contribution in [2.24, 2.45) is 0 Å². The van der Waals surface area contributed by atoms with Crippen LogP contribution in [-0.2, 0) is 6.54 Å². The van der Waals surface area contributed by atoms with E-state index < -0.39 is 0 Å². The van der Waals surface area contributed by atoms with Crippen molar-refractivity contribution >= 4 is 34.7 Å². The van der Waals surface area contributed by atoms with Crippen LogP contribution in [0.15, 0.2) is 11.6 Å². The van der Waals surface area contributed by atoms with Crippen LogP contribution in [0.2, 0.25) is 5.15 Å². The van der Waals surface area contributed by atoms with E-state index in [1.807, 2.05) is 24.4 Å². The Hall–Kier alpha value is -1.40. The summed E-state index contributed by atoms with van der Waals surface area (Å²) in [6, 6.07) is 1.69. The van der Waals surface area contributed by atoms with E-state index in [1.54, 1.807) is 17.4 Å². The predicted molar refractivity (Wildman–Crippen MR) is 70.4 cm³/mol. The number of hydrogen-bond donors (Lipinski definition) is 1. The van der Waals surface area contributed by atoms with Crippen molar-refractivity contribution in [2.75, 3.05) is 17.7 Å². The summed E-state index contributed by atoms with van der Waals surface area (Å²) in [5.74, 6) is 0.885. The van der Waals surface area contributed by atoms with Crippen molar-refractivity contribution in [3.63, 3.8) is 0 Å². The van der Waals surface area contributed by atoms with E-state index in [-0.39, 0.29) is 5.95 Å². The molecule has 0 saturated heterocycles. The van der Waals surface area contributed by atoms with Crippen LogP contribution in [0.4, 0.5) is 11.8 Å². The lowest BCUT2D eigenvalue weighted by atomic mass is 10.3. The summed E-state index contributed by atoms with van der Waals surface area (Å²) in [7, 11) is 1.93. The van der Waals surface area contributed by atoms with Crippen LogP contribution in [0, 0.1) is 6.92 Å². The molecule has 2 rings (SSSR count). The van der Waals surface area contributed by atoms with Crippen molar-refractivity contribution in [2.45, 2.75) is 13.5 Å². The smallest absolute Gasteiger partial charge is 0.223 e. The highest BCUT2D eigenvalue weighted by molar-refractivity contribution is 7.09. The molecule has 0 radical (unpaired) electrons. The molecule has 0 amide bonds. The number of nitrogen functional groups attached to an aromatic ring is 1. The minimum atomic E-state index is 0.181. The Morgan fingerprint density at radius 3 is 2.82 bits per heavy atom. The molecule has 0 saturated carbocycles. The molecule has 0 spiro atoms. The fourth-order valence-electron chi connectivity index (χ4n) is 1.39. The lowest BCUT2D eigenvalue weighted by Crippen LogP contribution is -2.18. The first-order chi connectivity index (χ1) is 8.06. The SMILES string of the molecule is Cc1ncsc1CN(C)c1cc(Cl)nc(N)n1. The molecule has 0 bridgehead atoms. The maximum Gasteiger partial charge on any atom is 0.223 e. The Morgan fingerprint density at radius 1 is 1.47 bits per heavy atom. The second kappa shape index (κ2) is 4.85. The summed E-state index contributed by atoms with van der Waals surface area (Å²) in [6.45, 7) is 2.71. The predicted octanol–water partition coefficient (Wildman–Crippen LogP) is 2.11. The maximum absolute atomic E-state index is 5.84. The van der Waals surface area contributed by atoms with Gasteiger partial charge in [-0.05, 0) is 6.92 Å². The van der Waals surface area contributed by atoms with Crippen LogP contribution < -0.4 is 10.6 Å². The van der Waals surface area contributed by atoms with Crippen LogP contribution in [0.25, 0.3) is 0 Å². The lowest BCUT2D eigenvalue weighted by molar-refractivity contribution is 0.897. The number of nitrogens with two attached hydrogens (primary N) is 1. The topological polar surface area (TPSA) is 67.9 Å². The summed E-state index contributed by atoms with van der Waals surface area (Å²) in [6.07, 6.45) is 0. The Bertz CT molecular complexity index is 507. The van der Waals surface area contributed by atoms with Gasteiger partial charge in [0, 0.05) is 18.0 Å². The average molecular weight is 270 g/mol. The van der Waals surface area contributed by atoms with Crippen molar-refractivity contribution in [3.8, 4) is 0 Å². The van der Waals surface area contributed by atoms with Crippen LogP contribution in [0.3, 0.4) is 0 Å². The Kier molecular flexibility index (Phi) is 3.44. The van der Waals surface area contributed by atoms with E-state index in [2.05, 4.69) is 15.0 Å². The lowest BCUT2D eigenvalue weighted by Gasteiger charge is -2.17.